The zero-order valence-corrected chi connectivity index (χ0v) is 12.6. The van der Waals surface area contributed by atoms with Crippen LogP contribution in [0.25, 0.3) is 10.9 Å². The molecule has 1 aliphatic heterocycles. The number of nitrogens with zero attached hydrogens (tertiary/aromatic N) is 1. The molecule has 2 aromatic rings. The average molecular weight is 334 g/mol. The largest absolute Gasteiger partial charge is 0.355 e. The molecule has 104 valence electrons. The van der Waals surface area contributed by atoms with E-state index in [-0.39, 0.29) is 5.91 Å². The number of halogens is 1. The Hall–Kier alpha value is -1.46. The summed E-state index contributed by atoms with van der Waals surface area (Å²) in [4.78, 5) is 15.6. The maximum absolute atomic E-state index is 11.1. The summed E-state index contributed by atoms with van der Waals surface area (Å²) in [7, 11) is 0. The van der Waals surface area contributed by atoms with E-state index in [0.717, 1.165) is 28.3 Å². The van der Waals surface area contributed by atoms with Crippen molar-refractivity contribution in [3.8, 4) is 0 Å². The summed E-state index contributed by atoms with van der Waals surface area (Å²) in [5, 5.41) is 7.52. The Morgan fingerprint density at radius 2 is 2.30 bits per heavy atom. The molecule has 1 atom stereocenters. The van der Waals surface area contributed by atoms with Crippen LogP contribution in [0.4, 0.5) is 0 Å². The second-order valence-electron chi connectivity index (χ2n) is 5.03. The van der Waals surface area contributed by atoms with Gasteiger partial charge in [0.2, 0.25) is 5.91 Å². The van der Waals surface area contributed by atoms with Crippen LogP contribution in [-0.2, 0) is 11.3 Å². The average Bonchev–Trinajstić information content (AvgIpc) is 2.49. The highest BCUT2D eigenvalue weighted by Crippen LogP contribution is 2.25. The molecular weight excluding hydrogens is 318 g/mol. The summed E-state index contributed by atoms with van der Waals surface area (Å²) in [5.74, 6) is 0.152. The minimum absolute atomic E-state index is 0.152. The third-order valence-electron chi connectivity index (χ3n) is 3.65. The number of rotatable bonds is 3. The van der Waals surface area contributed by atoms with Crippen molar-refractivity contribution in [1.82, 2.24) is 15.6 Å². The number of benzene rings is 1. The third-order valence-corrected chi connectivity index (χ3v) is 4.34. The van der Waals surface area contributed by atoms with Gasteiger partial charge in [-0.2, -0.15) is 0 Å². The molecule has 1 fully saturated rings. The fourth-order valence-electron chi connectivity index (χ4n) is 2.50. The number of hydrogen-bond acceptors (Lipinski definition) is 3. The third kappa shape index (κ3) is 2.83. The summed E-state index contributed by atoms with van der Waals surface area (Å²) >= 11 is 3.56. The minimum atomic E-state index is 0.152. The molecule has 1 aromatic carbocycles. The fourth-order valence-corrected chi connectivity index (χ4v) is 2.95. The first-order valence-corrected chi connectivity index (χ1v) is 7.55. The van der Waals surface area contributed by atoms with Crippen molar-refractivity contribution in [1.29, 1.82) is 0 Å². The van der Waals surface area contributed by atoms with E-state index in [9.17, 15) is 4.79 Å². The molecule has 2 N–H and O–H groups in total. The molecule has 1 aliphatic rings. The van der Waals surface area contributed by atoms with Crippen LogP contribution in [0.2, 0.25) is 0 Å². The quantitative estimate of drug-likeness (QED) is 0.906. The van der Waals surface area contributed by atoms with Crippen LogP contribution in [0.3, 0.4) is 0 Å². The summed E-state index contributed by atoms with van der Waals surface area (Å²) in [6.45, 7) is 1.47. The van der Waals surface area contributed by atoms with Gasteiger partial charge in [-0.25, -0.2) is 0 Å². The van der Waals surface area contributed by atoms with E-state index in [2.05, 4.69) is 49.7 Å². The zero-order valence-electron chi connectivity index (χ0n) is 11.0. The number of pyridine rings is 1. The van der Waals surface area contributed by atoms with Gasteiger partial charge in [0.05, 0.1) is 5.52 Å². The molecule has 1 unspecified atom stereocenters. The first-order chi connectivity index (χ1) is 9.74. The number of amides is 1. The molecule has 0 aliphatic carbocycles. The van der Waals surface area contributed by atoms with Crippen LogP contribution < -0.4 is 10.6 Å². The van der Waals surface area contributed by atoms with Crippen molar-refractivity contribution < 1.29 is 4.79 Å². The lowest BCUT2D eigenvalue weighted by Gasteiger charge is -2.23. The van der Waals surface area contributed by atoms with E-state index in [4.69, 9.17) is 0 Å². The molecular formula is C15H16BrN3O. The van der Waals surface area contributed by atoms with Gasteiger partial charge in [0.15, 0.2) is 0 Å². The van der Waals surface area contributed by atoms with Gasteiger partial charge in [0.25, 0.3) is 0 Å². The van der Waals surface area contributed by atoms with Crippen molar-refractivity contribution in [2.24, 2.45) is 0 Å². The molecule has 0 spiro atoms. The van der Waals surface area contributed by atoms with Crippen molar-refractivity contribution in [3.63, 3.8) is 0 Å². The molecule has 3 rings (SSSR count). The number of piperidine rings is 1. The number of hydrogen-bond donors (Lipinski definition) is 2. The Kier molecular flexibility index (Phi) is 3.98. The van der Waals surface area contributed by atoms with E-state index >= 15 is 0 Å². The van der Waals surface area contributed by atoms with Gasteiger partial charge in [-0.05, 0) is 24.1 Å². The predicted octanol–water partition coefficient (Wildman–Crippen LogP) is 2.37. The summed E-state index contributed by atoms with van der Waals surface area (Å²) in [6.07, 6.45) is 3.32. The van der Waals surface area contributed by atoms with E-state index in [1.165, 1.54) is 5.56 Å². The first kappa shape index (κ1) is 13.5. The second-order valence-corrected chi connectivity index (χ2v) is 5.88. The predicted molar refractivity (Wildman–Crippen MR) is 82.3 cm³/mol. The van der Waals surface area contributed by atoms with Gasteiger partial charge in [-0.1, -0.05) is 28.1 Å². The van der Waals surface area contributed by atoms with Crippen molar-refractivity contribution in [3.05, 3.63) is 40.5 Å². The van der Waals surface area contributed by atoms with Gasteiger partial charge in [0, 0.05) is 41.6 Å². The first-order valence-electron chi connectivity index (χ1n) is 6.76. The number of nitrogens with one attached hydrogen (secondary N) is 2. The smallest absolute Gasteiger partial charge is 0.220 e. The van der Waals surface area contributed by atoms with E-state index in [1.54, 1.807) is 0 Å². The molecule has 1 saturated heterocycles. The maximum Gasteiger partial charge on any atom is 0.220 e. The van der Waals surface area contributed by atoms with Crippen LogP contribution >= 0.6 is 15.9 Å². The summed E-state index contributed by atoms with van der Waals surface area (Å²) in [6, 6.07) is 8.50. The summed E-state index contributed by atoms with van der Waals surface area (Å²) in [5.41, 5.74) is 2.20. The highest BCUT2D eigenvalue weighted by atomic mass is 79.9. The Labute approximate surface area is 126 Å². The Morgan fingerprint density at radius 3 is 3.10 bits per heavy atom. The van der Waals surface area contributed by atoms with Crippen LogP contribution in [0.15, 0.2) is 34.9 Å². The zero-order chi connectivity index (χ0) is 13.9. The normalized spacial score (nSPS) is 19.1. The van der Waals surface area contributed by atoms with E-state index in [1.807, 2.05) is 12.3 Å². The number of fused-ring (bicyclic) bond motifs is 1. The lowest BCUT2D eigenvalue weighted by atomic mass is 10.1. The molecule has 1 amide bonds. The standard InChI is InChI=1S/C15H16BrN3O/c16-13-5-3-10(15-12(13)2-1-7-17-15)8-18-11-4-6-14(20)19-9-11/h1-3,5,7,11,18H,4,6,8-9H2,(H,19,20). The van der Waals surface area contributed by atoms with Crippen LogP contribution in [0.5, 0.6) is 0 Å². The second kappa shape index (κ2) is 5.89. The molecule has 1 aromatic heterocycles. The molecule has 4 nitrogen and oxygen atoms in total. The molecule has 0 radical (unpaired) electrons. The van der Waals surface area contributed by atoms with Crippen molar-refractivity contribution in [2.45, 2.75) is 25.4 Å². The van der Waals surface area contributed by atoms with Crippen molar-refractivity contribution >= 4 is 32.7 Å². The fraction of sp³-hybridized carbons (Fsp3) is 0.333. The molecule has 2 heterocycles. The van der Waals surface area contributed by atoms with E-state index < -0.39 is 0 Å². The Bertz CT molecular complexity index is 634. The van der Waals surface area contributed by atoms with Gasteiger partial charge in [-0.3, -0.25) is 9.78 Å². The van der Waals surface area contributed by atoms with Crippen molar-refractivity contribution in [2.75, 3.05) is 6.54 Å². The minimum Gasteiger partial charge on any atom is -0.355 e. The SMILES string of the molecule is O=C1CCC(NCc2ccc(Br)c3cccnc23)CN1. The Balaban J connectivity index is 1.75. The molecule has 20 heavy (non-hydrogen) atoms. The monoisotopic (exact) mass is 333 g/mol. The molecule has 0 saturated carbocycles. The van der Waals surface area contributed by atoms with E-state index in [0.29, 0.717) is 19.0 Å². The topological polar surface area (TPSA) is 54.0 Å². The van der Waals surface area contributed by atoms with Crippen LogP contribution in [-0.4, -0.2) is 23.5 Å². The molecule has 0 bridgehead atoms. The summed E-state index contributed by atoms with van der Waals surface area (Å²) < 4.78 is 1.06. The van der Waals surface area contributed by atoms with Gasteiger partial charge in [-0.15, -0.1) is 0 Å². The van der Waals surface area contributed by atoms with Crippen LogP contribution in [0, 0.1) is 0 Å². The lowest BCUT2D eigenvalue weighted by molar-refractivity contribution is -0.122. The van der Waals surface area contributed by atoms with Gasteiger partial charge >= 0.3 is 0 Å². The number of carbonyl (C=O) groups is 1. The van der Waals surface area contributed by atoms with Gasteiger partial charge in [0.1, 0.15) is 0 Å². The van der Waals surface area contributed by atoms with Crippen LogP contribution in [0.1, 0.15) is 18.4 Å². The molecule has 5 heteroatoms. The number of aromatic nitrogens is 1. The van der Waals surface area contributed by atoms with Gasteiger partial charge < -0.3 is 10.6 Å². The lowest BCUT2D eigenvalue weighted by Crippen LogP contribution is -2.45. The highest BCUT2D eigenvalue weighted by molar-refractivity contribution is 9.10. The Morgan fingerprint density at radius 1 is 1.40 bits per heavy atom. The highest BCUT2D eigenvalue weighted by Gasteiger charge is 2.17. The number of carbonyl (C=O) groups excluding carboxylic acids is 1. The maximum atomic E-state index is 11.1.